The summed E-state index contributed by atoms with van der Waals surface area (Å²) in [4.78, 5) is 3.10. The van der Waals surface area contributed by atoms with Crippen molar-refractivity contribution in [2.75, 3.05) is 6.16 Å². The Labute approximate surface area is 142 Å². The average molecular weight is 336 g/mol. The molecule has 3 aromatic rings. The summed E-state index contributed by atoms with van der Waals surface area (Å²) < 4.78 is 12.1. The van der Waals surface area contributed by atoms with E-state index in [4.69, 9.17) is 9.05 Å². The molecule has 1 aromatic heterocycles. The van der Waals surface area contributed by atoms with Gasteiger partial charge < -0.3 is 14.0 Å². The van der Waals surface area contributed by atoms with Gasteiger partial charge in [-0.05, 0) is 36.4 Å². The lowest BCUT2D eigenvalue weighted by atomic mass is 10.1. The Morgan fingerprint density at radius 1 is 0.875 bits per heavy atom. The van der Waals surface area contributed by atoms with Gasteiger partial charge in [-0.25, -0.2) is 0 Å². The second-order valence-electron chi connectivity index (χ2n) is 5.13. The van der Waals surface area contributed by atoms with Crippen LogP contribution in [0.1, 0.15) is 11.6 Å². The van der Waals surface area contributed by atoms with E-state index in [0.29, 0.717) is 6.16 Å². The van der Waals surface area contributed by atoms with Crippen LogP contribution in [0.4, 0.5) is 0 Å². The summed E-state index contributed by atoms with van der Waals surface area (Å²) in [5, 5.41) is 9.51. The predicted octanol–water partition coefficient (Wildman–Crippen LogP) is 5.09. The standard InChI is InChI=1S/C19H17N2O2P/c20-14-16(19-12-7-13-21-19)15-24(22-17-8-3-1-4-9-17)23-18-10-5-2-6-11-18/h1-13,16,21H,15H2. The first kappa shape index (κ1) is 16.1. The molecule has 24 heavy (non-hydrogen) atoms. The van der Waals surface area contributed by atoms with Gasteiger partial charge in [0.05, 0.1) is 18.1 Å². The van der Waals surface area contributed by atoms with Crippen molar-refractivity contribution >= 4 is 8.38 Å². The number of hydrogen-bond donors (Lipinski definition) is 1. The van der Waals surface area contributed by atoms with Crippen LogP contribution in [0.2, 0.25) is 0 Å². The number of para-hydroxylation sites is 2. The minimum absolute atomic E-state index is 0.307. The quantitative estimate of drug-likeness (QED) is 0.611. The average Bonchev–Trinajstić information content (AvgIpc) is 3.16. The number of hydrogen-bond acceptors (Lipinski definition) is 3. The van der Waals surface area contributed by atoms with Gasteiger partial charge in [0.1, 0.15) is 11.5 Å². The Bertz CT molecular complexity index is 729. The number of aromatic nitrogens is 1. The number of nitriles is 1. The minimum Gasteiger partial charge on any atom is -0.439 e. The second-order valence-corrected chi connectivity index (χ2v) is 6.53. The molecule has 0 saturated carbocycles. The molecule has 5 heteroatoms. The molecule has 1 unspecified atom stereocenters. The monoisotopic (exact) mass is 336 g/mol. The van der Waals surface area contributed by atoms with Crippen molar-refractivity contribution in [3.05, 3.63) is 84.7 Å². The molecule has 0 spiro atoms. The second kappa shape index (κ2) is 8.19. The van der Waals surface area contributed by atoms with Gasteiger partial charge in [-0.3, -0.25) is 0 Å². The molecule has 0 radical (unpaired) electrons. The van der Waals surface area contributed by atoms with Crippen molar-refractivity contribution in [1.82, 2.24) is 4.98 Å². The topological polar surface area (TPSA) is 58.0 Å². The van der Waals surface area contributed by atoms with E-state index in [2.05, 4.69) is 11.1 Å². The van der Waals surface area contributed by atoms with E-state index in [1.165, 1.54) is 0 Å². The summed E-state index contributed by atoms with van der Waals surface area (Å²) in [5.41, 5.74) is 0.873. The van der Waals surface area contributed by atoms with Crippen LogP contribution in [-0.2, 0) is 0 Å². The maximum absolute atomic E-state index is 9.51. The predicted molar refractivity (Wildman–Crippen MR) is 95.1 cm³/mol. The van der Waals surface area contributed by atoms with Gasteiger partial charge >= 0.3 is 0 Å². The molecule has 0 aliphatic heterocycles. The molecule has 0 amide bonds. The Morgan fingerprint density at radius 3 is 1.92 bits per heavy atom. The van der Waals surface area contributed by atoms with Gasteiger partial charge in [-0.1, -0.05) is 36.4 Å². The van der Waals surface area contributed by atoms with Crippen molar-refractivity contribution < 1.29 is 9.05 Å². The minimum atomic E-state index is -1.31. The normalized spacial score (nSPS) is 11.7. The van der Waals surface area contributed by atoms with Crippen LogP contribution in [-0.4, -0.2) is 11.1 Å². The summed E-state index contributed by atoms with van der Waals surface area (Å²) in [6, 6.07) is 25.2. The first-order valence-electron chi connectivity index (χ1n) is 7.61. The summed E-state index contributed by atoms with van der Waals surface area (Å²) in [6.45, 7) is 0. The number of rotatable bonds is 7. The summed E-state index contributed by atoms with van der Waals surface area (Å²) in [6.07, 6.45) is 2.30. The Kier molecular flexibility index (Phi) is 5.50. The Hall–Kier alpha value is -2.76. The number of benzene rings is 2. The number of nitrogens with one attached hydrogen (secondary N) is 1. The molecule has 1 N–H and O–H groups in total. The molecular formula is C19H17N2O2P. The van der Waals surface area contributed by atoms with E-state index >= 15 is 0 Å². The highest BCUT2D eigenvalue weighted by atomic mass is 31.2. The maximum Gasteiger partial charge on any atom is 0.292 e. The largest absolute Gasteiger partial charge is 0.439 e. The van der Waals surface area contributed by atoms with E-state index in [0.717, 1.165) is 17.2 Å². The van der Waals surface area contributed by atoms with E-state index in [1.807, 2.05) is 79.0 Å². The van der Waals surface area contributed by atoms with E-state index in [1.54, 1.807) is 0 Å². The Morgan fingerprint density at radius 2 is 1.46 bits per heavy atom. The van der Waals surface area contributed by atoms with Gasteiger partial charge in [0.25, 0.3) is 8.38 Å². The van der Waals surface area contributed by atoms with Crippen molar-refractivity contribution in [2.45, 2.75) is 5.92 Å². The fraction of sp³-hybridized carbons (Fsp3) is 0.105. The van der Waals surface area contributed by atoms with Crippen LogP contribution in [0.15, 0.2) is 79.0 Å². The van der Waals surface area contributed by atoms with Crippen LogP contribution in [0, 0.1) is 11.3 Å². The van der Waals surface area contributed by atoms with E-state index in [9.17, 15) is 5.26 Å². The zero-order chi connectivity index (χ0) is 16.6. The lowest BCUT2D eigenvalue weighted by Crippen LogP contribution is -2.08. The highest BCUT2D eigenvalue weighted by Crippen LogP contribution is 2.43. The van der Waals surface area contributed by atoms with Gasteiger partial charge in [0.2, 0.25) is 0 Å². The van der Waals surface area contributed by atoms with Crippen molar-refractivity contribution in [2.24, 2.45) is 0 Å². The highest BCUT2D eigenvalue weighted by Gasteiger charge is 2.23. The lowest BCUT2D eigenvalue weighted by molar-refractivity contribution is 0.486. The molecular weight excluding hydrogens is 319 g/mol. The fourth-order valence-corrected chi connectivity index (χ4v) is 3.69. The van der Waals surface area contributed by atoms with Crippen LogP contribution in [0.5, 0.6) is 11.5 Å². The third kappa shape index (κ3) is 4.38. The number of aromatic amines is 1. The lowest BCUT2D eigenvalue weighted by Gasteiger charge is -2.20. The molecule has 0 saturated heterocycles. The van der Waals surface area contributed by atoms with Crippen molar-refractivity contribution in [3.63, 3.8) is 0 Å². The first-order valence-corrected chi connectivity index (χ1v) is 8.98. The number of H-pyrrole nitrogens is 1. The highest BCUT2D eigenvalue weighted by molar-refractivity contribution is 7.48. The molecule has 0 aliphatic rings. The summed E-state index contributed by atoms with van der Waals surface area (Å²) in [5.74, 6) is 1.17. The molecule has 1 heterocycles. The maximum atomic E-state index is 9.51. The van der Waals surface area contributed by atoms with Crippen LogP contribution >= 0.6 is 8.38 Å². The zero-order valence-corrected chi connectivity index (χ0v) is 13.9. The molecule has 3 rings (SSSR count). The van der Waals surface area contributed by atoms with Gasteiger partial charge in [-0.2, -0.15) is 5.26 Å². The molecule has 2 aromatic carbocycles. The van der Waals surface area contributed by atoms with Crippen LogP contribution in [0.3, 0.4) is 0 Å². The van der Waals surface area contributed by atoms with E-state index in [-0.39, 0.29) is 5.92 Å². The first-order chi connectivity index (χ1) is 11.8. The molecule has 120 valence electrons. The molecule has 0 fully saturated rings. The smallest absolute Gasteiger partial charge is 0.292 e. The van der Waals surface area contributed by atoms with Gasteiger partial charge in [-0.15, -0.1) is 0 Å². The van der Waals surface area contributed by atoms with Gasteiger partial charge in [0.15, 0.2) is 0 Å². The van der Waals surface area contributed by atoms with Crippen molar-refractivity contribution in [1.29, 1.82) is 5.26 Å². The SMILES string of the molecule is N#CC(CP(Oc1ccccc1)Oc1ccccc1)c1ccc[nH]1. The molecule has 0 aliphatic carbocycles. The third-order valence-electron chi connectivity index (χ3n) is 3.39. The Balaban J connectivity index is 1.77. The van der Waals surface area contributed by atoms with Crippen LogP contribution < -0.4 is 9.05 Å². The third-order valence-corrected chi connectivity index (χ3v) is 4.88. The zero-order valence-electron chi connectivity index (χ0n) is 13.0. The number of nitrogens with zero attached hydrogens (tertiary/aromatic N) is 1. The molecule has 4 nitrogen and oxygen atoms in total. The van der Waals surface area contributed by atoms with Crippen molar-refractivity contribution in [3.8, 4) is 17.6 Å². The molecule has 1 atom stereocenters. The van der Waals surface area contributed by atoms with Gasteiger partial charge in [0, 0.05) is 11.9 Å². The summed E-state index contributed by atoms with van der Waals surface area (Å²) in [7, 11) is -1.31. The van der Waals surface area contributed by atoms with Crippen LogP contribution in [0.25, 0.3) is 0 Å². The summed E-state index contributed by atoms with van der Waals surface area (Å²) >= 11 is 0. The van der Waals surface area contributed by atoms with E-state index < -0.39 is 8.38 Å². The molecule has 0 bridgehead atoms. The fourth-order valence-electron chi connectivity index (χ4n) is 2.21.